The molecule has 2 N–H and O–H groups in total. The SMILES string of the molecule is CCCOc1ccc(-c2cc(C(C(=O)NCC)N3Cc4[nH]c(-c5ccccc5F)nc4C=N3)on2)c(C(F)(F)F)c1. The van der Waals surface area contributed by atoms with Gasteiger partial charge in [-0.25, -0.2) is 9.37 Å². The quantitative estimate of drug-likeness (QED) is 0.250. The van der Waals surface area contributed by atoms with Crippen molar-refractivity contribution in [2.45, 2.75) is 39.0 Å². The standard InChI is InChI=1S/C28H26F4N6O3/c1-3-11-40-16-9-10-17(19(12-16)28(30,31)32)21-13-24(41-37-21)25(27(39)33-4-2)38-15-23-22(14-34-38)35-26(36-23)18-7-5-6-8-20(18)29/h5-10,12-14,25H,3-4,11,15H2,1-2H3,(H,33,39)(H,35,36). The van der Waals surface area contributed by atoms with Gasteiger partial charge < -0.3 is 19.6 Å². The van der Waals surface area contributed by atoms with Gasteiger partial charge >= 0.3 is 6.18 Å². The average Bonchev–Trinajstić information content (AvgIpc) is 3.59. The number of rotatable bonds is 9. The highest BCUT2D eigenvalue weighted by Crippen LogP contribution is 2.40. The zero-order valence-corrected chi connectivity index (χ0v) is 22.1. The molecule has 1 aliphatic rings. The molecule has 4 aromatic rings. The zero-order chi connectivity index (χ0) is 29.1. The number of nitrogens with one attached hydrogen (secondary N) is 2. The summed E-state index contributed by atoms with van der Waals surface area (Å²) in [5.41, 5.74) is 0.0297. The summed E-state index contributed by atoms with van der Waals surface area (Å²) in [4.78, 5) is 20.6. The van der Waals surface area contributed by atoms with Crippen molar-refractivity contribution in [1.82, 2.24) is 25.5 Å². The summed E-state index contributed by atoms with van der Waals surface area (Å²) in [6, 6.07) is 9.89. The minimum Gasteiger partial charge on any atom is -0.494 e. The minimum atomic E-state index is -4.69. The van der Waals surface area contributed by atoms with E-state index < -0.39 is 29.5 Å². The number of carbonyl (C=O) groups excluding carboxylic acids is 1. The smallest absolute Gasteiger partial charge is 0.417 e. The van der Waals surface area contributed by atoms with Gasteiger partial charge in [-0.15, -0.1) is 0 Å². The molecule has 2 aromatic carbocycles. The molecule has 0 bridgehead atoms. The highest BCUT2D eigenvalue weighted by Gasteiger charge is 2.37. The lowest BCUT2D eigenvalue weighted by molar-refractivity contribution is -0.137. The second-order valence-electron chi connectivity index (χ2n) is 9.24. The van der Waals surface area contributed by atoms with Crippen molar-refractivity contribution in [3.63, 3.8) is 0 Å². The summed E-state index contributed by atoms with van der Waals surface area (Å²) >= 11 is 0. The summed E-state index contributed by atoms with van der Waals surface area (Å²) < 4.78 is 67.1. The highest BCUT2D eigenvalue weighted by atomic mass is 19.4. The molecular weight excluding hydrogens is 544 g/mol. The molecule has 0 spiro atoms. The molecule has 5 rings (SSSR count). The molecule has 1 atom stereocenters. The Kier molecular flexibility index (Phi) is 7.77. The number of imidazole rings is 1. The van der Waals surface area contributed by atoms with Crippen LogP contribution < -0.4 is 10.1 Å². The third kappa shape index (κ3) is 5.79. The van der Waals surface area contributed by atoms with Crippen LogP contribution in [0, 0.1) is 5.82 Å². The molecule has 1 aliphatic heterocycles. The van der Waals surface area contributed by atoms with Crippen molar-refractivity contribution in [2.75, 3.05) is 13.2 Å². The van der Waals surface area contributed by atoms with E-state index in [1.807, 2.05) is 6.92 Å². The largest absolute Gasteiger partial charge is 0.494 e. The average molecular weight is 571 g/mol. The lowest BCUT2D eigenvalue weighted by Crippen LogP contribution is -2.39. The number of H-pyrrole nitrogens is 1. The number of carbonyl (C=O) groups is 1. The molecule has 0 saturated carbocycles. The Morgan fingerprint density at radius 2 is 1.98 bits per heavy atom. The van der Waals surface area contributed by atoms with Crippen LogP contribution in [0.1, 0.15) is 49.0 Å². The van der Waals surface area contributed by atoms with Gasteiger partial charge in [-0.2, -0.15) is 18.3 Å². The number of likely N-dealkylation sites (N-methyl/N-ethyl adjacent to an activating group) is 1. The molecule has 0 fully saturated rings. The van der Waals surface area contributed by atoms with Gasteiger partial charge in [0.25, 0.3) is 5.91 Å². The van der Waals surface area contributed by atoms with Gasteiger partial charge in [-0.1, -0.05) is 24.2 Å². The fraction of sp³-hybridized carbons (Fsp3) is 0.286. The molecule has 41 heavy (non-hydrogen) atoms. The molecule has 9 nitrogen and oxygen atoms in total. The van der Waals surface area contributed by atoms with E-state index >= 15 is 0 Å². The first-order valence-electron chi connectivity index (χ1n) is 12.9. The second-order valence-corrected chi connectivity index (χ2v) is 9.24. The van der Waals surface area contributed by atoms with E-state index in [1.165, 1.54) is 35.5 Å². The van der Waals surface area contributed by atoms with Gasteiger partial charge in [0.05, 0.1) is 36.2 Å². The fourth-order valence-corrected chi connectivity index (χ4v) is 4.44. The maximum atomic E-state index is 14.3. The lowest BCUT2D eigenvalue weighted by atomic mass is 10.0. The summed E-state index contributed by atoms with van der Waals surface area (Å²) in [6.45, 7) is 4.20. The van der Waals surface area contributed by atoms with Crippen molar-refractivity contribution < 1.29 is 31.6 Å². The first kappa shape index (κ1) is 27.9. The summed E-state index contributed by atoms with van der Waals surface area (Å²) in [7, 11) is 0. The predicted molar refractivity (Wildman–Crippen MR) is 141 cm³/mol. The normalized spacial score (nSPS) is 13.7. The van der Waals surface area contributed by atoms with Crippen LogP contribution in [0.5, 0.6) is 5.75 Å². The van der Waals surface area contributed by atoms with Crippen LogP contribution in [0.25, 0.3) is 22.6 Å². The van der Waals surface area contributed by atoms with Gasteiger partial charge in [-0.05, 0) is 43.7 Å². The van der Waals surface area contributed by atoms with Gasteiger partial charge in [-0.3, -0.25) is 9.80 Å². The van der Waals surface area contributed by atoms with Crippen molar-refractivity contribution in [2.24, 2.45) is 5.10 Å². The number of hydrogen-bond donors (Lipinski definition) is 2. The summed E-state index contributed by atoms with van der Waals surface area (Å²) in [6.07, 6.45) is -2.64. The van der Waals surface area contributed by atoms with Crippen molar-refractivity contribution in [3.05, 3.63) is 77.1 Å². The zero-order valence-electron chi connectivity index (χ0n) is 22.1. The van der Waals surface area contributed by atoms with Crippen molar-refractivity contribution in [3.8, 4) is 28.4 Å². The van der Waals surface area contributed by atoms with Crippen LogP contribution in [0.15, 0.2) is 58.2 Å². The monoisotopic (exact) mass is 570 g/mol. The Bertz CT molecular complexity index is 1580. The summed E-state index contributed by atoms with van der Waals surface area (Å²) in [5, 5.41) is 12.3. The second kappa shape index (κ2) is 11.4. The van der Waals surface area contributed by atoms with Crippen LogP contribution in [0.2, 0.25) is 0 Å². The van der Waals surface area contributed by atoms with Crippen LogP contribution in [-0.4, -0.2) is 45.4 Å². The number of halogens is 4. The molecule has 2 aromatic heterocycles. The molecule has 13 heteroatoms. The number of benzene rings is 2. The van der Waals surface area contributed by atoms with E-state index in [1.54, 1.807) is 25.1 Å². The minimum absolute atomic E-state index is 0.0140. The fourth-order valence-electron chi connectivity index (χ4n) is 4.44. The lowest BCUT2D eigenvalue weighted by Gasteiger charge is -2.27. The molecule has 3 heterocycles. The number of alkyl halides is 3. The predicted octanol–water partition coefficient (Wildman–Crippen LogP) is 5.71. The number of fused-ring (bicyclic) bond motifs is 1. The van der Waals surface area contributed by atoms with Crippen LogP contribution in [-0.2, 0) is 17.5 Å². The number of ether oxygens (including phenoxy) is 1. The number of nitrogens with zero attached hydrogens (tertiary/aromatic N) is 4. The molecule has 0 radical (unpaired) electrons. The molecule has 1 unspecified atom stereocenters. The molecular formula is C28H26F4N6O3. The maximum absolute atomic E-state index is 14.3. The Morgan fingerprint density at radius 3 is 2.71 bits per heavy atom. The van der Waals surface area contributed by atoms with Gasteiger partial charge in [0.1, 0.15) is 28.8 Å². The first-order valence-corrected chi connectivity index (χ1v) is 12.9. The first-order chi connectivity index (χ1) is 19.7. The maximum Gasteiger partial charge on any atom is 0.417 e. The Labute approximate surface area is 232 Å². The van der Waals surface area contributed by atoms with E-state index in [4.69, 9.17) is 9.26 Å². The van der Waals surface area contributed by atoms with E-state index in [2.05, 4.69) is 25.5 Å². The number of aromatic amines is 1. The van der Waals surface area contributed by atoms with Crippen molar-refractivity contribution in [1.29, 1.82) is 0 Å². The molecule has 214 valence electrons. The van der Waals surface area contributed by atoms with Crippen LogP contribution in [0.4, 0.5) is 17.6 Å². The van der Waals surface area contributed by atoms with Gasteiger partial charge in [0.2, 0.25) is 0 Å². The van der Waals surface area contributed by atoms with E-state index in [9.17, 15) is 22.4 Å². The number of hydrazone groups is 1. The van der Waals surface area contributed by atoms with E-state index in [0.717, 1.165) is 6.07 Å². The number of hydrogen-bond acceptors (Lipinski definition) is 7. The van der Waals surface area contributed by atoms with Crippen LogP contribution in [0.3, 0.4) is 0 Å². The van der Waals surface area contributed by atoms with E-state index in [-0.39, 0.29) is 48.0 Å². The number of amides is 1. The molecule has 1 amide bonds. The van der Waals surface area contributed by atoms with Crippen molar-refractivity contribution >= 4 is 12.1 Å². The van der Waals surface area contributed by atoms with Gasteiger partial charge in [0.15, 0.2) is 11.8 Å². The van der Waals surface area contributed by atoms with Crippen LogP contribution >= 0.6 is 0 Å². The van der Waals surface area contributed by atoms with E-state index in [0.29, 0.717) is 23.6 Å². The third-order valence-electron chi connectivity index (χ3n) is 6.33. The van der Waals surface area contributed by atoms with Gasteiger partial charge in [0, 0.05) is 18.2 Å². The Balaban J connectivity index is 1.47. The third-order valence-corrected chi connectivity index (χ3v) is 6.33. The topological polar surface area (TPSA) is 109 Å². The summed E-state index contributed by atoms with van der Waals surface area (Å²) in [5.74, 6) is -0.586. The molecule has 0 aliphatic carbocycles. The Morgan fingerprint density at radius 1 is 1.17 bits per heavy atom. The highest BCUT2D eigenvalue weighted by molar-refractivity contribution is 5.85. The Hall–Kier alpha value is -4.68. The number of aromatic nitrogens is 3. The molecule has 0 saturated heterocycles.